The van der Waals surface area contributed by atoms with Crippen molar-refractivity contribution < 1.29 is 0 Å². The second-order valence-electron chi connectivity index (χ2n) is 4.13. The lowest BCUT2D eigenvalue weighted by Gasteiger charge is -2.03. The SMILES string of the molecule is Clc1nc2ccccc2nc1NN=Cc1ccccc1. The Labute approximate surface area is 121 Å². The van der Waals surface area contributed by atoms with Gasteiger partial charge in [-0.1, -0.05) is 54.1 Å². The van der Waals surface area contributed by atoms with E-state index in [-0.39, 0.29) is 0 Å². The van der Waals surface area contributed by atoms with E-state index in [4.69, 9.17) is 11.6 Å². The molecule has 2 aromatic carbocycles. The van der Waals surface area contributed by atoms with Crippen LogP contribution in [-0.2, 0) is 0 Å². The first-order valence-corrected chi connectivity index (χ1v) is 6.47. The summed E-state index contributed by atoms with van der Waals surface area (Å²) in [6.45, 7) is 0. The molecular weight excluding hydrogens is 272 g/mol. The number of anilines is 1. The molecule has 0 fully saturated rings. The fourth-order valence-electron chi connectivity index (χ4n) is 1.76. The van der Waals surface area contributed by atoms with E-state index in [0.717, 1.165) is 16.6 Å². The maximum Gasteiger partial charge on any atom is 0.185 e. The number of aromatic nitrogens is 2. The summed E-state index contributed by atoms with van der Waals surface area (Å²) in [7, 11) is 0. The lowest BCUT2D eigenvalue weighted by molar-refractivity contribution is 1.22. The van der Waals surface area contributed by atoms with Crippen LogP contribution in [0.5, 0.6) is 0 Å². The Morgan fingerprint density at radius 2 is 1.55 bits per heavy atom. The van der Waals surface area contributed by atoms with E-state index in [9.17, 15) is 0 Å². The van der Waals surface area contributed by atoms with Gasteiger partial charge in [0.25, 0.3) is 0 Å². The Bertz CT molecular complexity index is 756. The third-order valence-electron chi connectivity index (χ3n) is 2.71. The van der Waals surface area contributed by atoms with Crippen LogP contribution in [0.15, 0.2) is 59.7 Å². The maximum absolute atomic E-state index is 6.07. The second kappa shape index (κ2) is 5.67. The lowest BCUT2D eigenvalue weighted by atomic mass is 10.2. The van der Waals surface area contributed by atoms with Crippen LogP contribution in [0, 0.1) is 0 Å². The van der Waals surface area contributed by atoms with Crippen molar-refractivity contribution in [2.75, 3.05) is 5.43 Å². The molecule has 0 amide bonds. The number of hydrogen-bond acceptors (Lipinski definition) is 4. The van der Waals surface area contributed by atoms with Gasteiger partial charge in [-0.15, -0.1) is 0 Å². The Kier molecular flexibility index (Phi) is 3.56. The van der Waals surface area contributed by atoms with E-state index in [2.05, 4.69) is 20.5 Å². The standard InChI is InChI=1S/C15H11ClN4/c16-14-15(19-13-9-5-4-8-12(13)18-14)20-17-10-11-6-2-1-3-7-11/h1-10H,(H,19,20). The third kappa shape index (κ3) is 2.75. The number of hydrogen-bond donors (Lipinski definition) is 1. The number of benzene rings is 2. The summed E-state index contributed by atoms with van der Waals surface area (Å²) < 4.78 is 0. The molecule has 0 spiro atoms. The highest BCUT2D eigenvalue weighted by molar-refractivity contribution is 6.32. The average molecular weight is 283 g/mol. The highest BCUT2D eigenvalue weighted by Gasteiger charge is 2.04. The summed E-state index contributed by atoms with van der Waals surface area (Å²) in [6, 6.07) is 17.3. The topological polar surface area (TPSA) is 50.2 Å². The summed E-state index contributed by atoms with van der Waals surface area (Å²) in [4.78, 5) is 8.65. The third-order valence-corrected chi connectivity index (χ3v) is 2.98. The first-order valence-electron chi connectivity index (χ1n) is 6.09. The quantitative estimate of drug-likeness (QED) is 0.588. The van der Waals surface area contributed by atoms with Gasteiger partial charge in [-0.05, 0) is 17.7 Å². The zero-order valence-electron chi connectivity index (χ0n) is 10.5. The van der Waals surface area contributed by atoms with Crippen LogP contribution in [0.2, 0.25) is 5.15 Å². The molecule has 20 heavy (non-hydrogen) atoms. The zero-order chi connectivity index (χ0) is 13.8. The van der Waals surface area contributed by atoms with Crippen molar-refractivity contribution in [2.24, 2.45) is 5.10 Å². The van der Waals surface area contributed by atoms with Crippen molar-refractivity contribution in [3.63, 3.8) is 0 Å². The number of nitrogens with zero attached hydrogens (tertiary/aromatic N) is 3. The number of halogens is 1. The summed E-state index contributed by atoms with van der Waals surface area (Å²) >= 11 is 6.07. The van der Waals surface area contributed by atoms with Crippen LogP contribution in [0.1, 0.15) is 5.56 Å². The van der Waals surface area contributed by atoms with Gasteiger partial charge in [-0.2, -0.15) is 5.10 Å². The van der Waals surface area contributed by atoms with Crippen LogP contribution < -0.4 is 5.43 Å². The molecule has 0 unspecified atom stereocenters. The molecule has 98 valence electrons. The Hall–Kier alpha value is -2.46. The number of nitrogens with one attached hydrogen (secondary N) is 1. The monoisotopic (exact) mass is 282 g/mol. The number of para-hydroxylation sites is 2. The van der Waals surface area contributed by atoms with Gasteiger partial charge in [-0.25, -0.2) is 9.97 Å². The van der Waals surface area contributed by atoms with Crippen molar-refractivity contribution in [3.05, 3.63) is 65.3 Å². The normalized spacial score (nSPS) is 11.1. The van der Waals surface area contributed by atoms with Gasteiger partial charge in [0.05, 0.1) is 17.2 Å². The summed E-state index contributed by atoms with van der Waals surface area (Å²) in [5.74, 6) is 0.442. The predicted molar refractivity (Wildman–Crippen MR) is 82.2 cm³/mol. The molecule has 3 aromatic rings. The molecule has 3 rings (SSSR count). The molecule has 0 bridgehead atoms. The average Bonchev–Trinajstić information content (AvgIpc) is 2.49. The van der Waals surface area contributed by atoms with Crippen molar-refractivity contribution in [1.29, 1.82) is 0 Å². The highest BCUT2D eigenvalue weighted by Crippen LogP contribution is 2.20. The molecule has 0 aliphatic rings. The molecule has 1 N–H and O–H groups in total. The molecule has 5 heteroatoms. The Morgan fingerprint density at radius 1 is 0.900 bits per heavy atom. The Balaban J connectivity index is 1.84. The predicted octanol–water partition coefficient (Wildman–Crippen LogP) is 3.73. The van der Waals surface area contributed by atoms with Crippen LogP contribution in [0.25, 0.3) is 11.0 Å². The smallest absolute Gasteiger partial charge is 0.185 e. The molecule has 0 atom stereocenters. The van der Waals surface area contributed by atoms with Gasteiger partial charge < -0.3 is 0 Å². The Morgan fingerprint density at radius 3 is 2.30 bits per heavy atom. The first kappa shape index (κ1) is 12.6. The highest BCUT2D eigenvalue weighted by atomic mass is 35.5. The lowest BCUT2D eigenvalue weighted by Crippen LogP contribution is -1.97. The van der Waals surface area contributed by atoms with Crippen LogP contribution in [0.4, 0.5) is 5.82 Å². The minimum absolute atomic E-state index is 0.300. The molecule has 0 radical (unpaired) electrons. The molecule has 0 saturated heterocycles. The molecule has 4 nitrogen and oxygen atoms in total. The fraction of sp³-hybridized carbons (Fsp3) is 0. The van der Waals surface area contributed by atoms with Gasteiger partial charge in [0.1, 0.15) is 0 Å². The molecule has 1 aromatic heterocycles. The number of hydrazone groups is 1. The van der Waals surface area contributed by atoms with Crippen LogP contribution in [-0.4, -0.2) is 16.2 Å². The molecule has 0 aliphatic carbocycles. The van der Waals surface area contributed by atoms with Gasteiger partial charge >= 0.3 is 0 Å². The minimum atomic E-state index is 0.300. The summed E-state index contributed by atoms with van der Waals surface area (Å²) in [6.07, 6.45) is 1.70. The van der Waals surface area contributed by atoms with Crippen molar-refractivity contribution >= 4 is 34.7 Å². The van der Waals surface area contributed by atoms with E-state index in [1.54, 1.807) is 6.21 Å². The van der Waals surface area contributed by atoms with E-state index < -0.39 is 0 Å². The van der Waals surface area contributed by atoms with E-state index in [1.165, 1.54) is 0 Å². The van der Waals surface area contributed by atoms with E-state index >= 15 is 0 Å². The summed E-state index contributed by atoms with van der Waals surface area (Å²) in [5.41, 5.74) is 5.34. The van der Waals surface area contributed by atoms with Crippen molar-refractivity contribution in [1.82, 2.24) is 9.97 Å². The molecule has 0 saturated carbocycles. The largest absolute Gasteiger partial charge is 0.259 e. The minimum Gasteiger partial charge on any atom is -0.259 e. The molecule has 0 aliphatic heterocycles. The first-order chi connectivity index (χ1) is 9.83. The van der Waals surface area contributed by atoms with Gasteiger partial charge in [0, 0.05) is 0 Å². The zero-order valence-corrected chi connectivity index (χ0v) is 11.2. The van der Waals surface area contributed by atoms with Crippen molar-refractivity contribution in [2.45, 2.75) is 0 Å². The maximum atomic E-state index is 6.07. The second-order valence-corrected chi connectivity index (χ2v) is 4.49. The van der Waals surface area contributed by atoms with E-state index in [1.807, 2.05) is 54.6 Å². The summed E-state index contributed by atoms with van der Waals surface area (Å²) in [5, 5.41) is 4.42. The van der Waals surface area contributed by atoms with Gasteiger partial charge in [0.2, 0.25) is 0 Å². The van der Waals surface area contributed by atoms with Gasteiger partial charge in [0.15, 0.2) is 11.0 Å². The fourth-order valence-corrected chi connectivity index (χ4v) is 1.93. The number of rotatable bonds is 3. The van der Waals surface area contributed by atoms with Crippen LogP contribution >= 0.6 is 11.6 Å². The molecular formula is C15H11ClN4. The van der Waals surface area contributed by atoms with E-state index in [0.29, 0.717) is 11.0 Å². The number of fused-ring (bicyclic) bond motifs is 1. The van der Waals surface area contributed by atoms with Crippen LogP contribution in [0.3, 0.4) is 0 Å². The molecule has 1 heterocycles. The van der Waals surface area contributed by atoms with Gasteiger partial charge in [-0.3, -0.25) is 5.43 Å². The van der Waals surface area contributed by atoms with Crippen molar-refractivity contribution in [3.8, 4) is 0 Å².